The molecule has 0 saturated heterocycles. The Morgan fingerprint density at radius 1 is 1.33 bits per heavy atom. The molecule has 1 amide bonds. The summed E-state index contributed by atoms with van der Waals surface area (Å²) >= 11 is 1.46. The van der Waals surface area contributed by atoms with E-state index in [1.54, 1.807) is 6.20 Å². The maximum atomic E-state index is 12.8. The molecule has 0 aliphatic heterocycles. The number of thioether (sulfide) groups is 1. The van der Waals surface area contributed by atoms with Crippen LogP contribution in [-0.4, -0.2) is 28.2 Å². The molecule has 2 aromatic rings. The second kappa shape index (κ2) is 7.58. The van der Waals surface area contributed by atoms with Crippen molar-refractivity contribution in [2.75, 3.05) is 12.3 Å². The van der Waals surface area contributed by atoms with Gasteiger partial charge in [0.25, 0.3) is 0 Å². The molecule has 1 aromatic carbocycles. The van der Waals surface area contributed by atoms with Gasteiger partial charge in [0, 0.05) is 19.2 Å². The van der Waals surface area contributed by atoms with Gasteiger partial charge in [-0.25, -0.2) is 9.37 Å². The molecule has 2 rings (SSSR count). The Morgan fingerprint density at radius 2 is 2.10 bits per heavy atom. The number of rotatable bonds is 6. The van der Waals surface area contributed by atoms with Crippen molar-refractivity contribution in [1.82, 2.24) is 15.3 Å². The number of carbonyl (C=O) groups is 1. The van der Waals surface area contributed by atoms with E-state index in [9.17, 15) is 9.18 Å². The first kappa shape index (κ1) is 15.2. The lowest BCUT2D eigenvalue weighted by atomic mass is 10.3. The van der Waals surface area contributed by atoms with Gasteiger partial charge in [0.15, 0.2) is 0 Å². The van der Waals surface area contributed by atoms with Crippen LogP contribution >= 0.6 is 11.8 Å². The van der Waals surface area contributed by atoms with Crippen molar-refractivity contribution in [3.8, 4) is 11.6 Å². The third-order valence-electron chi connectivity index (χ3n) is 2.35. The number of halogens is 1. The van der Waals surface area contributed by atoms with Crippen molar-refractivity contribution in [1.29, 1.82) is 0 Å². The number of ether oxygens (including phenoxy) is 1. The highest BCUT2D eigenvalue weighted by Crippen LogP contribution is 2.21. The molecule has 1 aromatic heterocycles. The highest BCUT2D eigenvalue weighted by atomic mass is 32.2. The predicted octanol–water partition coefficient (Wildman–Crippen LogP) is 2.64. The SMILES string of the molecule is CC(=O)NCCSc1cncc(Oc2ccc(F)cc2)n1. The number of aromatic nitrogens is 2. The predicted molar refractivity (Wildman–Crippen MR) is 77.9 cm³/mol. The number of carbonyl (C=O) groups excluding carboxylic acids is 1. The highest BCUT2D eigenvalue weighted by molar-refractivity contribution is 7.99. The third kappa shape index (κ3) is 5.39. The standard InChI is InChI=1S/C14H14FN3O2S/c1-10(19)17-6-7-21-14-9-16-8-13(18-14)20-12-4-2-11(15)3-5-12/h2-5,8-9H,6-7H2,1H3,(H,17,19). The third-order valence-corrected chi connectivity index (χ3v) is 3.25. The van der Waals surface area contributed by atoms with Crippen molar-refractivity contribution < 1.29 is 13.9 Å². The zero-order valence-corrected chi connectivity index (χ0v) is 12.2. The lowest BCUT2D eigenvalue weighted by Crippen LogP contribution is -2.22. The van der Waals surface area contributed by atoms with E-state index < -0.39 is 0 Å². The van der Waals surface area contributed by atoms with Gasteiger partial charge in [-0.05, 0) is 24.3 Å². The molecule has 5 nitrogen and oxygen atoms in total. The van der Waals surface area contributed by atoms with Crippen molar-refractivity contribution in [3.63, 3.8) is 0 Å². The Balaban J connectivity index is 1.91. The Morgan fingerprint density at radius 3 is 2.81 bits per heavy atom. The molecule has 1 heterocycles. The van der Waals surface area contributed by atoms with Gasteiger partial charge in [0.2, 0.25) is 11.8 Å². The summed E-state index contributed by atoms with van der Waals surface area (Å²) in [6.45, 7) is 2.03. The average Bonchev–Trinajstić information content (AvgIpc) is 2.46. The molecule has 0 unspecified atom stereocenters. The second-order valence-electron chi connectivity index (χ2n) is 4.08. The molecule has 0 atom stereocenters. The number of hydrogen-bond acceptors (Lipinski definition) is 5. The molecule has 110 valence electrons. The number of nitrogens with zero attached hydrogens (tertiary/aromatic N) is 2. The van der Waals surface area contributed by atoms with Crippen molar-refractivity contribution in [2.24, 2.45) is 0 Å². The van der Waals surface area contributed by atoms with Gasteiger partial charge in [-0.15, -0.1) is 11.8 Å². The van der Waals surface area contributed by atoms with Gasteiger partial charge in [0.05, 0.1) is 12.4 Å². The maximum Gasteiger partial charge on any atom is 0.238 e. The Kier molecular flexibility index (Phi) is 5.51. The fourth-order valence-corrected chi connectivity index (χ4v) is 2.16. The van der Waals surface area contributed by atoms with E-state index in [1.165, 1.54) is 49.1 Å². The summed E-state index contributed by atoms with van der Waals surface area (Å²) in [5, 5.41) is 3.40. The quantitative estimate of drug-likeness (QED) is 0.656. The number of benzene rings is 1. The van der Waals surface area contributed by atoms with Gasteiger partial charge in [-0.3, -0.25) is 9.78 Å². The monoisotopic (exact) mass is 307 g/mol. The summed E-state index contributed by atoms with van der Waals surface area (Å²) < 4.78 is 18.3. The summed E-state index contributed by atoms with van der Waals surface area (Å²) in [4.78, 5) is 19.1. The topological polar surface area (TPSA) is 64.1 Å². The molecule has 0 bridgehead atoms. The largest absolute Gasteiger partial charge is 0.437 e. The molecule has 0 radical (unpaired) electrons. The molecule has 1 N–H and O–H groups in total. The minimum absolute atomic E-state index is 0.0601. The van der Waals surface area contributed by atoms with E-state index in [-0.39, 0.29) is 11.7 Å². The molecule has 0 spiro atoms. The number of hydrogen-bond donors (Lipinski definition) is 1. The first-order valence-electron chi connectivity index (χ1n) is 6.26. The average molecular weight is 307 g/mol. The van der Waals surface area contributed by atoms with E-state index in [4.69, 9.17) is 4.74 Å². The fourth-order valence-electron chi connectivity index (χ4n) is 1.46. The van der Waals surface area contributed by atoms with Crippen LogP contribution in [0.5, 0.6) is 11.6 Å². The van der Waals surface area contributed by atoms with Crippen LogP contribution in [0.4, 0.5) is 4.39 Å². The number of nitrogens with one attached hydrogen (secondary N) is 1. The van der Waals surface area contributed by atoms with Gasteiger partial charge < -0.3 is 10.1 Å². The van der Waals surface area contributed by atoms with Crippen LogP contribution in [0.2, 0.25) is 0 Å². The number of amides is 1. The molecular formula is C14H14FN3O2S. The highest BCUT2D eigenvalue weighted by Gasteiger charge is 2.03. The molecule has 0 aliphatic rings. The lowest BCUT2D eigenvalue weighted by Gasteiger charge is -2.06. The summed E-state index contributed by atoms with van der Waals surface area (Å²) in [6, 6.07) is 5.67. The summed E-state index contributed by atoms with van der Waals surface area (Å²) in [5.41, 5.74) is 0. The first-order valence-corrected chi connectivity index (χ1v) is 7.25. The van der Waals surface area contributed by atoms with Crippen molar-refractivity contribution in [3.05, 3.63) is 42.5 Å². The lowest BCUT2D eigenvalue weighted by molar-refractivity contribution is -0.118. The molecule has 7 heteroatoms. The maximum absolute atomic E-state index is 12.8. The van der Waals surface area contributed by atoms with Crippen LogP contribution in [0.3, 0.4) is 0 Å². The Bertz CT molecular complexity index is 607. The Hall–Kier alpha value is -2.15. The van der Waals surface area contributed by atoms with E-state index in [0.717, 1.165) is 0 Å². The summed E-state index contributed by atoms with van der Waals surface area (Å²) in [5.74, 6) is 1.14. The van der Waals surface area contributed by atoms with Crippen LogP contribution in [0.1, 0.15) is 6.92 Å². The molecule has 0 aliphatic carbocycles. The van der Waals surface area contributed by atoms with Gasteiger partial charge >= 0.3 is 0 Å². The van der Waals surface area contributed by atoms with Crippen molar-refractivity contribution >= 4 is 17.7 Å². The molecule has 21 heavy (non-hydrogen) atoms. The second-order valence-corrected chi connectivity index (χ2v) is 5.20. The zero-order chi connectivity index (χ0) is 15.1. The van der Waals surface area contributed by atoms with Crippen molar-refractivity contribution in [2.45, 2.75) is 11.9 Å². The Labute approximate surface area is 126 Å². The first-order chi connectivity index (χ1) is 10.1. The van der Waals surface area contributed by atoms with E-state index >= 15 is 0 Å². The van der Waals surface area contributed by atoms with Gasteiger partial charge in [-0.1, -0.05) is 0 Å². The minimum Gasteiger partial charge on any atom is -0.437 e. The zero-order valence-electron chi connectivity index (χ0n) is 11.4. The smallest absolute Gasteiger partial charge is 0.238 e. The minimum atomic E-state index is -0.323. The van der Waals surface area contributed by atoms with Crippen LogP contribution in [0, 0.1) is 5.82 Å². The fraction of sp³-hybridized carbons (Fsp3) is 0.214. The summed E-state index contributed by atoms with van der Waals surface area (Å²) in [7, 11) is 0. The van der Waals surface area contributed by atoms with Gasteiger partial charge in [0.1, 0.15) is 16.6 Å². The van der Waals surface area contributed by atoms with E-state index in [0.29, 0.717) is 29.0 Å². The van der Waals surface area contributed by atoms with Gasteiger partial charge in [-0.2, -0.15) is 0 Å². The molecular weight excluding hydrogens is 293 g/mol. The summed E-state index contributed by atoms with van der Waals surface area (Å²) in [6.07, 6.45) is 3.11. The van der Waals surface area contributed by atoms with Crippen LogP contribution < -0.4 is 10.1 Å². The molecule has 0 fully saturated rings. The molecule has 0 saturated carbocycles. The van der Waals surface area contributed by atoms with Crippen LogP contribution in [-0.2, 0) is 4.79 Å². The van der Waals surface area contributed by atoms with E-state index in [2.05, 4.69) is 15.3 Å². The normalized spacial score (nSPS) is 10.2. The van der Waals surface area contributed by atoms with Crippen LogP contribution in [0.15, 0.2) is 41.7 Å². The van der Waals surface area contributed by atoms with E-state index in [1.807, 2.05) is 0 Å². The van der Waals surface area contributed by atoms with Crippen LogP contribution in [0.25, 0.3) is 0 Å².